The van der Waals surface area contributed by atoms with Gasteiger partial charge >= 0.3 is 0 Å². The Hall–Kier alpha value is -0.160. The van der Waals surface area contributed by atoms with E-state index < -0.39 is 11.9 Å². The fraction of sp³-hybridized carbons (Fsp3) is 0.455. The van der Waals surface area contributed by atoms with Crippen molar-refractivity contribution < 1.29 is 14.2 Å². The van der Waals surface area contributed by atoms with Gasteiger partial charge in [0.15, 0.2) is 0 Å². The standard InChI is InChI=1S/C11H13BrClFO2/c1-6(5-16-2)11(15)7-3-4-8(12)9(13)10(7)14/h3-4,6,11,15H,5H2,1-2H3. The van der Waals surface area contributed by atoms with E-state index in [0.29, 0.717) is 11.1 Å². The van der Waals surface area contributed by atoms with Crippen LogP contribution in [0.3, 0.4) is 0 Å². The predicted octanol–water partition coefficient (Wildman–Crippen LogP) is 3.56. The SMILES string of the molecule is COCC(C)C(O)c1ccc(Br)c(Cl)c1F. The van der Waals surface area contributed by atoms with Gasteiger partial charge in [0.25, 0.3) is 0 Å². The number of benzene rings is 1. The highest BCUT2D eigenvalue weighted by molar-refractivity contribution is 9.10. The Bertz CT molecular complexity index is 373. The summed E-state index contributed by atoms with van der Waals surface area (Å²) < 4.78 is 19.1. The molecule has 0 saturated carbocycles. The van der Waals surface area contributed by atoms with Crippen molar-refractivity contribution in [1.29, 1.82) is 0 Å². The molecule has 0 aromatic heterocycles. The summed E-state index contributed by atoms with van der Waals surface area (Å²) in [6, 6.07) is 3.13. The van der Waals surface area contributed by atoms with Crippen LogP contribution in [0.4, 0.5) is 4.39 Å². The second-order valence-corrected chi connectivity index (χ2v) is 4.87. The van der Waals surface area contributed by atoms with Gasteiger partial charge < -0.3 is 9.84 Å². The fourth-order valence-electron chi connectivity index (χ4n) is 1.43. The van der Waals surface area contributed by atoms with Crippen LogP contribution >= 0.6 is 27.5 Å². The number of aliphatic hydroxyl groups is 1. The fourth-order valence-corrected chi connectivity index (χ4v) is 1.91. The van der Waals surface area contributed by atoms with Crippen LogP contribution < -0.4 is 0 Å². The highest BCUT2D eigenvalue weighted by atomic mass is 79.9. The number of halogens is 3. The van der Waals surface area contributed by atoms with E-state index >= 15 is 0 Å². The Morgan fingerprint density at radius 3 is 2.75 bits per heavy atom. The first kappa shape index (κ1) is 13.9. The molecule has 0 heterocycles. The second kappa shape index (κ2) is 5.96. The molecule has 0 fully saturated rings. The van der Waals surface area contributed by atoms with Gasteiger partial charge in [-0.25, -0.2) is 4.39 Å². The first-order valence-corrected chi connectivity index (χ1v) is 5.96. The zero-order valence-electron chi connectivity index (χ0n) is 9.01. The molecule has 0 aliphatic rings. The quantitative estimate of drug-likeness (QED) is 0.862. The van der Waals surface area contributed by atoms with Gasteiger partial charge in [0.1, 0.15) is 5.82 Å². The maximum Gasteiger partial charge on any atom is 0.148 e. The number of aliphatic hydroxyl groups excluding tert-OH is 1. The first-order chi connectivity index (χ1) is 7.49. The van der Waals surface area contributed by atoms with Crippen LogP contribution in [0.2, 0.25) is 5.02 Å². The summed E-state index contributed by atoms with van der Waals surface area (Å²) in [5, 5.41) is 9.91. The Morgan fingerprint density at radius 1 is 1.56 bits per heavy atom. The molecule has 16 heavy (non-hydrogen) atoms. The third kappa shape index (κ3) is 2.94. The van der Waals surface area contributed by atoms with E-state index in [2.05, 4.69) is 15.9 Å². The molecule has 0 radical (unpaired) electrons. The molecule has 1 aromatic carbocycles. The monoisotopic (exact) mass is 310 g/mol. The lowest BCUT2D eigenvalue weighted by atomic mass is 9.98. The topological polar surface area (TPSA) is 29.5 Å². The third-order valence-corrected chi connectivity index (χ3v) is 3.61. The molecular formula is C11H13BrClFO2. The van der Waals surface area contributed by atoms with Crippen LogP contribution in [0.15, 0.2) is 16.6 Å². The normalized spacial score (nSPS) is 14.9. The average Bonchev–Trinajstić information content (AvgIpc) is 2.26. The average molecular weight is 312 g/mol. The Labute approximate surface area is 108 Å². The summed E-state index contributed by atoms with van der Waals surface area (Å²) >= 11 is 8.86. The molecule has 0 aliphatic heterocycles. The molecule has 0 saturated heterocycles. The third-order valence-electron chi connectivity index (χ3n) is 2.35. The molecule has 1 N–H and O–H groups in total. The van der Waals surface area contributed by atoms with E-state index in [1.54, 1.807) is 13.0 Å². The van der Waals surface area contributed by atoms with Crippen molar-refractivity contribution in [3.05, 3.63) is 33.0 Å². The number of ether oxygens (including phenoxy) is 1. The lowest BCUT2D eigenvalue weighted by molar-refractivity contribution is 0.0545. The molecule has 0 spiro atoms. The predicted molar refractivity (Wildman–Crippen MR) is 65.1 cm³/mol. The lowest BCUT2D eigenvalue weighted by Crippen LogP contribution is -2.15. The van der Waals surface area contributed by atoms with E-state index in [9.17, 15) is 9.50 Å². The largest absolute Gasteiger partial charge is 0.388 e. The number of hydrogen-bond donors (Lipinski definition) is 1. The van der Waals surface area contributed by atoms with Gasteiger partial charge in [0, 0.05) is 23.1 Å². The molecule has 2 unspecified atom stereocenters. The maximum absolute atomic E-state index is 13.8. The van der Waals surface area contributed by atoms with E-state index in [4.69, 9.17) is 16.3 Å². The zero-order chi connectivity index (χ0) is 12.3. The minimum absolute atomic E-state index is 0.0128. The zero-order valence-corrected chi connectivity index (χ0v) is 11.3. The van der Waals surface area contributed by atoms with Crippen LogP contribution in [0.25, 0.3) is 0 Å². The van der Waals surface area contributed by atoms with Crippen LogP contribution in [0.5, 0.6) is 0 Å². The van der Waals surface area contributed by atoms with Crippen molar-refractivity contribution >= 4 is 27.5 Å². The van der Waals surface area contributed by atoms with Gasteiger partial charge in [0.05, 0.1) is 17.7 Å². The Morgan fingerprint density at radius 2 is 2.19 bits per heavy atom. The highest BCUT2D eigenvalue weighted by Gasteiger charge is 2.22. The summed E-state index contributed by atoms with van der Waals surface area (Å²) in [6.45, 7) is 2.14. The maximum atomic E-state index is 13.8. The van der Waals surface area contributed by atoms with Crippen LogP contribution in [0.1, 0.15) is 18.6 Å². The van der Waals surface area contributed by atoms with E-state index in [-0.39, 0.29) is 16.5 Å². The molecule has 2 nitrogen and oxygen atoms in total. The molecular weight excluding hydrogens is 298 g/mol. The van der Waals surface area contributed by atoms with Crippen LogP contribution in [0, 0.1) is 11.7 Å². The van der Waals surface area contributed by atoms with Crippen molar-refractivity contribution in [2.75, 3.05) is 13.7 Å². The molecule has 0 bridgehead atoms. The van der Waals surface area contributed by atoms with E-state index in [0.717, 1.165) is 0 Å². The highest BCUT2D eigenvalue weighted by Crippen LogP contribution is 2.32. The molecule has 0 aliphatic carbocycles. The Kier molecular flexibility index (Phi) is 5.18. The van der Waals surface area contributed by atoms with Crippen molar-refractivity contribution in [2.24, 2.45) is 5.92 Å². The van der Waals surface area contributed by atoms with Gasteiger partial charge in [-0.2, -0.15) is 0 Å². The molecule has 1 rings (SSSR count). The van der Waals surface area contributed by atoms with Gasteiger partial charge in [-0.05, 0) is 22.0 Å². The lowest BCUT2D eigenvalue weighted by Gasteiger charge is -2.19. The van der Waals surface area contributed by atoms with Crippen molar-refractivity contribution in [1.82, 2.24) is 0 Å². The van der Waals surface area contributed by atoms with Crippen molar-refractivity contribution in [3.63, 3.8) is 0 Å². The molecule has 0 amide bonds. The summed E-state index contributed by atoms with van der Waals surface area (Å²) in [4.78, 5) is 0. The van der Waals surface area contributed by atoms with Gasteiger partial charge in [-0.15, -0.1) is 0 Å². The van der Waals surface area contributed by atoms with Crippen molar-refractivity contribution in [3.8, 4) is 0 Å². The molecule has 2 atom stereocenters. The molecule has 90 valence electrons. The molecule has 1 aromatic rings. The minimum atomic E-state index is -0.925. The minimum Gasteiger partial charge on any atom is -0.388 e. The number of methoxy groups -OCH3 is 1. The number of rotatable bonds is 4. The van der Waals surface area contributed by atoms with E-state index in [1.165, 1.54) is 13.2 Å². The number of hydrogen-bond acceptors (Lipinski definition) is 2. The summed E-state index contributed by atoms with van der Waals surface area (Å²) in [5.41, 5.74) is 0.192. The molecule has 5 heteroatoms. The summed E-state index contributed by atoms with van der Waals surface area (Å²) in [5.74, 6) is -0.789. The summed E-state index contributed by atoms with van der Waals surface area (Å²) in [7, 11) is 1.54. The second-order valence-electron chi connectivity index (χ2n) is 3.64. The van der Waals surface area contributed by atoms with E-state index in [1.807, 2.05) is 0 Å². The first-order valence-electron chi connectivity index (χ1n) is 4.79. The van der Waals surface area contributed by atoms with Gasteiger partial charge in [-0.1, -0.05) is 24.6 Å². The van der Waals surface area contributed by atoms with Crippen molar-refractivity contribution in [2.45, 2.75) is 13.0 Å². The summed E-state index contributed by atoms with van der Waals surface area (Å²) in [6.07, 6.45) is -0.925. The van der Waals surface area contributed by atoms with Gasteiger partial charge in [-0.3, -0.25) is 0 Å². The van der Waals surface area contributed by atoms with Gasteiger partial charge in [0.2, 0.25) is 0 Å². The Balaban J connectivity index is 3.00. The van der Waals surface area contributed by atoms with Crippen LogP contribution in [-0.2, 0) is 4.74 Å². The van der Waals surface area contributed by atoms with Crippen LogP contribution in [-0.4, -0.2) is 18.8 Å². The smallest absolute Gasteiger partial charge is 0.148 e.